The van der Waals surface area contributed by atoms with Crippen LogP contribution >= 0.6 is 0 Å². The van der Waals surface area contributed by atoms with Crippen LogP contribution in [0.2, 0.25) is 0 Å². The summed E-state index contributed by atoms with van der Waals surface area (Å²) < 4.78 is 44.4. The Morgan fingerprint density at radius 1 is 1.30 bits per heavy atom. The van der Waals surface area contributed by atoms with E-state index in [9.17, 15) is 23.3 Å². The molecule has 27 heavy (non-hydrogen) atoms. The average molecular weight is 385 g/mol. The molecule has 146 valence electrons. The van der Waals surface area contributed by atoms with Crippen molar-refractivity contribution in [1.29, 1.82) is 0 Å². The minimum Gasteiger partial charge on any atom is -0.496 e. The summed E-state index contributed by atoms with van der Waals surface area (Å²) in [4.78, 5) is 18.0. The Labute approximate surface area is 152 Å². The second kappa shape index (κ2) is 8.06. The third-order valence-corrected chi connectivity index (χ3v) is 3.67. The van der Waals surface area contributed by atoms with Crippen LogP contribution in [-0.2, 0) is 6.18 Å². The van der Waals surface area contributed by atoms with Gasteiger partial charge in [0.15, 0.2) is 5.69 Å². The third kappa shape index (κ3) is 5.19. The lowest BCUT2D eigenvalue weighted by atomic mass is 10.2. The molecule has 0 aliphatic heterocycles. The number of ether oxygens (including phenoxy) is 1. The lowest BCUT2D eigenvalue weighted by molar-refractivity contribution is -0.384. The van der Waals surface area contributed by atoms with Gasteiger partial charge in [-0.1, -0.05) is 6.92 Å². The normalized spacial score (nSPS) is 12.4. The van der Waals surface area contributed by atoms with Gasteiger partial charge in [-0.2, -0.15) is 18.2 Å². The minimum absolute atomic E-state index is 0.0258. The molecule has 0 radical (unpaired) electrons. The maximum absolute atomic E-state index is 13.1. The Morgan fingerprint density at radius 2 is 2.00 bits per heavy atom. The Morgan fingerprint density at radius 3 is 2.56 bits per heavy atom. The van der Waals surface area contributed by atoms with Crippen LogP contribution in [-0.4, -0.2) is 28.0 Å². The quantitative estimate of drug-likeness (QED) is 0.539. The Bertz CT molecular complexity index is 829. The average Bonchev–Trinajstić information content (AvgIpc) is 2.60. The van der Waals surface area contributed by atoms with Crippen LogP contribution in [0.1, 0.15) is 26.0 Å². The second-order valence-corrected chi connectivity index (χ2v) is 5.68. The van der Waals surface area contributed by atoms with Crippen molar-refractivity contribution in [1.82, 2.24) is 9.97 Å². The summed E-state index contributed by atoms with van der Waals surface area (Å²) >= 11 is 0. The SMILES string of the molecule is CC[C@@H](C)Nc1nc(Nc2ccc(OC)cc2[N+](=O)[O-])cc(C(F)(F)F)n1. The summed E-state index contributed by atoms with van der Waals surface area (Å²) in [5.74, 6) is -0.209. The van der Waals surface area contributed by atoms with E-state index in [4.69, 9.17) is 4.74 Å². The van der Waals surface area contributed by atoms with Crippen LogP contribution in [0.5, 0.6) is 5.75 Å². The molecule has 1 heterocycles. The number of benzene rings is 1. The van der Waals surface area contributed by atoms with Crippen molar-refractivity contribution in [2.45, 2.75) is 32.5 Å². The highest BCUT2D eigenvalue weighted by Gasteiger charge is 2.34. The number of alkyl halides is 3. The van der Waals surface area contributed by atoms with E-state index in [2.05, 4.69) is 20.6 Å². The molecular formula is C16H18F3N5O3. The van der Waals surface area contributed by atoms with Crippen LogP contribution in [0, 0.1) is 10.1 Å². The topological polar surface area (TPSA) is 102 Å². The summed E-state index contributed by atoms with van der Waals surface area (Å²) in [6.45, 7) is 3.62. The summed E-state index contributed by atoms with van der Waals surface area (Å²) in [5, 5.41) is 16.6. The smallest absolute Gasteiger partial charge is 0.433 e. The van der Waals surface area contributed by atoms with Gasteiger partial charge in [0.05, 0.1) is 18.1 Å². The molecule has 0 amide bonds. The molecule has 2 aromatic rings. The second-order valence-electron chi connectivity index (χ2n) is 5.68. The fourth-order valence-corrected chi connectivity index (χ4v) is 2.08. The molecule has 2 rings (SSSR count). The zero-order valence-electron chi connectivity index (χ0n) is 14.8. The van der Waals surface area contributed by atoms with Crippen LogP contribution in [0.25, 0.3) is 0 Å². The van der Waals surface area contributed by atoms with Crippen molar-refractivity contribution < 1.29 is 22.8 Å². The lowest BCUT2D eigenvalue weighted by Gasteiger charge is -2.15. The number of hydrogen-bond donors (Lipinski definition) is 2. The van der Waals surface area contributed by atoms with Gasteiger partial charge in [-0.05, 0) is 25.5 Å². The number of anilines is 3. The molecule has 0 spiro atoms. The predicted molar refractivity (Wildman–Crippen MR) is 93.3 cm³/mol. The van der Waals surface area contributed by atoms with Crippen molar-refractivity contribution in [3.63, 3.8) is 0 Å². The first-order chi connectivity index (χ1) is 12.6. The van der Waals surface area contributed by atoms with Crippen LogP contribution < -0.4 is 15.4 Å². The van der Waals surface area contributed by atoms with Gasteiger partial charge in [-0.25, -0.2) is 4.98 Å². The zero-order chi connectivity index (χ0) is 20.2. The van der Waals surface area contributed by atoms with E-state index >= 15 is 0 Å². The highest BCUT2D eigenvalue weighted by Crippen LogP contribution is 2.34. The number of rotatable bonds is 7. The molecule has 0 fully saturated rings. The fourth-order valence-electron chi connectivity index (χ4n) is 2.08. The molecule has 0 saturated heterocycles. The van der Waals surface area contributed by atoms with E-state index in [-0.39, 0.29) is 34.9 Å². The molecule has 0 saturated carbocycles. The molecule has 0 bridgehead atoms. The lowest BCUT2D eigenvalue weighted by Crippen LogP contribution is -2.18. The van der Waals surface area contributed by atoms with Crippen molar-refractivity contribution in [3.05, 3.63) is 40.1 Å². The van der Waals surface area contributed by atoms with E-state index < -0.39 is 16.8 Å². The molecular weight excluding hydrogens is 367 g/mol. The standard InChI is InChI=1S/C16H18F3N5O3/c1-4-9(2)20-15-22-13(16(17,18)19)8-14(23-15)21-11-6-5-10(27-3)7-12(11)24(25)26/h5-9H,4H2,1-3H3,(H2,20,21,22,23)/t9-/m1/s1. The molecule has 2 N–H and O–H groups in total. The summed E-state index contributed by atoms with van der Waals surface area (Å²) in [6, 6.07) is 4.47. The summed E-state index contributed by atoms with van der Waals surface area (Å²) in [6.07, 6.45) is -4.05. The molecule has 1 aromatic carbocycles. The number of nitrogens with zero attached hydrogens (tertiary/aromatic N) is 3. The van der Waals surface area contributed by atoms with Crippen molar-refractivity contribution in [2.24, 2.45) is 0 Å². The van der Waals surface area contributed by atoms with E-state index in [1.165, 1.54) is 19.2 Å². The number of methoxy groups -OCH3 is 1. The first-order valence-corrected chi connectivity index (χ1v) is 7.96. The molecule has 0 aliphatic rings. The Balaban J connectivity index is 2.46. The fraction of sp³-hybridized carbons (Fsp3) is 0.375. The minimum atomic E-state index is -4.70. The van der Waals surface area contributed by atoms with Crippen molar-refractivity contribution in [2.75, 3.05) is 17.7 Å². The van der Waals surface area contributed by atoms with E-state index in [0.717, 1.165) is 6.07 Å². The number of nitro groups is 1. The van der Waals surface area contributed by atoms with Crippen molar-refractivity contribution in [3.8, 4) is 5.75 Å². The van der Waals surface area contributed by atoms with Gasteiger partial charge >= 0.3 is 6.18 Å². The first kappa shape index (κ1) is 20.2. The summed E-state index contributed by atoms with van der Waals surface area (Å²) in [5.41, 5.74) is -1.55. The first-order valence-electron chi connectivity index (χ1n) is 7.96. The van der Waals surface area contributed by atoms with Gasteiger partial charge in [0, 0.05) is 12.1 Å². The molecule has 8 nitrogen and oxygen atoms in total. The third-order valence-electron chi connectivity index (χ3n) is 3.67. The zero-order valence-corrected chi connectivity index (χ0v) is 14.8. The van der Waals surface area contributed by atoms with Gasteiger partial charge in [0.2, 0.25) is 5.95 Å². The number of halogens is 3. The Hall–Kier alpha value is -3.11. The Kier molecular flexibility index (Phi) is 6.03. The number of hydrogen-bond acceptors (Lipinski definition) is 7. The highest BCUT2D eigenvalue weighted by molar-refractivity contribution is 5.70. The van der Waals surface area contributed by atoms with Crippen LogP contribution in [0.3, 0.4) is 0 Å². The largest absolute Gasteiger partial charge is 0.496 e. The number of aromatic nitrogens is 2. The van der Waals surface area contributed by atoms with Gasteiger partial charge in [-0.3, -0.25) is 10.1 Å². The van der Waals surface area contributed by atoms with Crippen LogP contribution in [0.15, 0.2) is 24.3 Å². The molecule has 11 heteroatoms. The van der Waals surface area contributed by atoms with Crippen LogP contribution in [0.4, 0.5) is 36.3 Å². The number of nitro benzene ring substituents is 1. The highest BCUT2D eigenvalue weighted by atomic mass is 19.4. The summed E-state index contributed by atoms with van der Waals surface area (Å²) in [7, 11) is 1.35. The maximum Gasteiger partial charge on any atom is 0.433 e. The van der Waals surface area contributed by atoms with Gasteiger partial charge in [0.25, 0.3) is 5.69 Å². The number of nitrogens with one attached hydrogen (secondary N) is 2. The van der Waals surface area contributed by atoms with E-state index in [1.54, 1.807) is 6.92 Å². The monoisotopic (exact) mass is 385 g/mol. The molecule has 0 aliphatic carbocycles. The maximum atomic E-state index is 13.1. The predicted octanol–water partition coefficient (Wildman–Crippen LogP) is 4.37. The molecule has 1 atom stereocenters. The van der Waals surface area contributed by atoms with Crippen molar-refractivity contribution >= 4 is 23.1 Å². The van der Waals surface area contributed by atoms with E-state index in [0.29, 0.717) is 12.5 Å². The van der Waals surface area contributed by atoms with E-state index in [1.807, 2.05) is 6.92 Å². The van der Waals surface area contributed by atoms with Gasteiger partial charge in [0.1, 0.15) is 17.3 Å². The molecule has 0 unspecified atom stereocenters. The van der Waals surface area contributed by atoms with Gasteiger partial charge < -0.3 is 15.4 Å². The molecule has 1 aromatic heterocycles. The van der Waals surface area contributed by atoms with Gasteiger partial charge in [-0.15, -0.1) is 0 Å².